The fourth-order valence-corrected chi connectivity index (χ4v) is 1.81. The van der Waals surface area contributed by atoms with Crippen LogP contribution in [0.4, 0.5) is 0 Å². The predicted octanol–water partition coefficient (Wildman–Crippen LogP) is 3.94. The molecule has 0 amide bonds. The number of benzene rings is 1. The lowest BCUT2D eigenvalue weighted by Gasteiger charge is -2.26. The minimum absolute atomic E-state index is 0.117. The average molecular weight is 247 g/mol. The summed E-state index contributed by atoms with van der Waals surface area (Å²) in [4.78, 5) is 0. The van der Waals surface area contributed by atoms with Gasteiger partial charge in [0.05, 0.1) is 0 Å². The molecule has 0 aliphatic heterocycles. The highest BCUT2D eigenvalue weighted by molar-refractivity contribution is 6.33. The maximum atomic E-state index is 9.33. The molecule has 0 aromatic heterocycles. The predicted molar refractivity (Wildman–Crippen MR) is 65.6 cm³/mol. The van der Waals surface area contributed by atoms with Crippen LogP contribution in [0.15, 0.2) is 18.2 Å². The van der Waals surface area contributed by atoms with Crippen LogP contribution in [0.3, 0.4) is 0 Å². The molecule has 0 aliphatic rings. The van der Waals surface area contributed by atoms with Gasteiger partial charge in [0.2, 0.25) is 0 Å². The van der Waals surface area contributed by atoms with E-state index in [0.29, 0.717) is 10.0 Å². The van der Waals surface area contributed by atoms with Crippen molar-refractivity contribution >= 4 is 23.2 Å². The molecule has 1 atom stereocenters. The van der Waals surface area contributed by atoms with E-state index < -0.39 is 0 Å². The lowest BCUT2D eigenvalue weighted by molar-refractivity contribution is 0.138. The minimum atomic E-state index is -0.117. The van der Waals surface area contributed by atoms with Gasteiger partial charge in [-0.15, -0.1) is 0 Å². The molecule has 1 aromatic carbocycles. The van der Waals surface area contributed by atoms with Crippen LogP contribution in [-0.2, 0) is 6.42 Å². The third kappa shape index (κ3) is 3.37. The largest absolute Gasteiger partial charge is 0.396 e. The van der Waals surface area contributed by atoms with Gasteiger partial charge in [-0.2, -0.15) is 0 Å². The highest BCUT2D eigenvalue weighted by Crippen LogP contribution is 2.30. The fourth-order valence-electron chi connectivity index (χ4n) is 1.43. The zero-order valence-electron chi connectivity index (χ0n) is 9.06. The molecular formula is C12H16Cl2O. The smallest absolute Gasteiger partial charge is 0.0487 e. The summed E-state index contributed by atoms with van der Waals surface area (Å²) >= 11 is 12.0. The highest BCUT2D eigenvalue weighted by atomic mass is 35.5. The van der Waals surface area contributed by atoms with Gasteiger partial charge in [0.1, 0.15) is 0 Å². The highest BCUT2D eigenvalue weighted by Gasteiger charge is 2.22. The first kappa shape index (κ1) is 12.8. The van der Waals surface area contributed by atoms with Gasteiger partial charge in [-0.3, -0.25) is 0 Å². The van der Waals surface area contributed by atoms with Gasteiger partial charge in [0, 0.05) is 16.7 Å². The van der Waals surface area contributed by atoms with Gasteiger partial charge < -0.3 is 5.11 Å². The van der Waals surface area contributed by atoms with Gasteiger partial charge >= 0.3 is 0 Å². The molecule has 15 heavy (non-hydrogen) atoms. The Morgan fingerprint density at radius 2 is 2.00 bits per heavy atom. The van der Waals surface area contributed by atoms with E-state index in [1.807, 2.05) is 13.0 Å². The van der Waals surface area contributed by atoms with E-state index in [2.05, 4.69) is 6.92 Å². The van der Waals surface area contributed by atoms with E-state index in [9.17, 15) is 5.11 Å². The standard InChI is InChI=1S/C12H16Cl2O/c1-3-12(2,8-15)7-9-6-10(13)4-5-11(9)14/h4-6,15H,3,7-8H2,1-2H3. The van der Waals surface area contributed by atoms with Crippen molar-refractivity contribution in [2.75, 3.05) is 6.61 Å². The van der Waals surface area contributed by atoms with Crippen LogP contribution in [0.5, 0.6) is 0 Å². The van der Waals surface area contributed by atoms with Crippen LogP contribution in [-0.4, -0.2) is 11.7 Å². The van der Waals surface area contributed by atoms with Crippen molar-refractivity contribution in [1.82, 2.24) is 0 Å². The maximum absolute atomic E-state index is 9.33. The van der Waals surface area contributed by atoms with Crippen molar-refractivity contribution in [2.45, 2.75) is 26.7 Å². The molecule has 0 fully saturated rings. The van der Waals surface area contributed by atoms with E-state index in [0.717, 1.165) is 18.4 Å². The summed E-state index contributed by atoms with van der Waals surface area (Å²) in [5.74, 6) is 0. The Morgan fingerprint density at radius 1 is 1.33 bits per heavy atom. The van der Waals surface area contributed by atoms with E-state index in [4.69, 9.17) is 23.2 Å². The van der Waals surface area contributed by atoms with Gasteiger partial charge in [-0.05, 0) is 42.0 Å². The molecule has 1 unspecified atom stereocenters. The normalized spacial score (nSPS) is 15.0. The number of aliphatic hydroxyl groups is 1. The summed E-state index contributed by atoms with van der Waals surface area (Å²) in [6, 6.07) is 5.44. The molecule has 1 rings (SSSR count). The summed E-state index contributed by atoms with van der Waals surface area (Å²) in [6.07, 6.45) is 1.66. The number of hydrogen-bond acceptors (Lipinski definition) is 1. The zero-order chi connectivity index (χ0) is 11.5. The Morgan fingerprint density at radius 3 is 2.53 bits per heavy atom. The van der Waals surface area contributed by atoms with Crippen LogP contribution < -0.4 is 0 Å². The average Bonchev–Trinajstić information content (AvgIpc) is 2.23. The van der Waals surface area contributed by atoms with Crippen LogP contribution in [0.25, 0.3) is 0 Å². The molecule has 0 aliphatic carbocycles. The van der Waals surface area contributed by atoms with Crippen molar-refractivity contribution in [3.05, 3.63) is 33.8 Å². The van der Waals surface area contributed by atoms with Crippen molar-refractivity contribution in [1.29, 1.82) is 0 Å². The summed E-state index contributed by atoms with van der Waals surface area (Å²) in [7, 11) is 0. The van der Waals surface area contributed by atoms with Crippen molar-refractivity contribution in [3.8, 4) is 0 Å². The summed E-state index contributed by atoms with van der Waals surface area (Å²) in [5, 5.41) is 10.7. The van der Waals surface area contributed by atoms with Gasteiger partial charge in [-0.25, -0.2) is 0 Å². The van der Waals surface area contributed by atoms with Crippen LogP contribution in [0.2, 0.25) is 10.0 Å². The monoisotopic (exact) mass is 246 g/mol. The number of aliphatic hydroxyl groups excluding tert-OH is 1. The molecule has 0 heterocycles. The maximum Gasteiger partial charge on any atom is 0.0487 e. The van der Waals surface area contributed by atoms with E-state index in [1.54, 1.807) is 12.1 Å². The van der Waals surface area contributed by atoms with E-state index in [-0.39, 0.29) is 12.0 Å². The summed E-state index contributed by atoms with van der Waals surface area (Å²) < 4.78 is 0. The first-order valence-corrected chi connectivity index (χ1v) is 5.81. The Hall–Kier alpha value is -0.240. The van der Waals surface area contributed by atoms with Gasteiger partial charge in [0.15, 0.2) is 0 Å². The molecule has 1 aromatic rings. The van der Waals surface area contributed by atoms with Crippen molar-refractivity contribution in [2.24, 2.45) is 5.41 Å². The molecule has 0 saturated heterocycles. The first-order valence-electron chi connectivity index (χ1n) is 5.05. The first-order chi connectivity index (χ1) is 7.00. The molecule has 1 N–H and O–H groups in total. The molecule has 1 nitrogen and oxygen atoms in total. The Bertz CT molecular complexity index is 332. The lowest BCUT2D eigenvalue weighted by atomic mass is 9.82. The van der Waals surface area contributed by atoms with Gasteiger partial charge in [0.25, 0.3) is 0 Å². The number of rotatable bonds is 4. The van der Waals surface area contributed by atoms with Crippen LogP contribution in [0.1, 0.15) is 25.8 Å². The molecule has 84 valence electrons. The molecular weight excluding hydrogens is 231 g/mol. The summed E-state index contributed by atoms with van der Waals surface area (Å²) in [6.45, 7) is 4.27. The van der Waals surface area contributed by atoms with Crippen molar-refractivity contribution in [3.63, 3.8) is 0 Å². The van der Waals surface area contributed by atoms with Gasteiger partial charge in [-0.1, -0.05) is 37.0 Å². The van der Waals surface area contributed by atoms with E-state index in [1.165, 1.54) is 0 Å². The minimum Gasteiger partial charge on any atom is -0.396 e. The summed E-state index contributed by atoms with van der Waals surface area (Å²) in [5.41, 5.74) is 0.886. The Labute approximate surface area is 101 Å². The van der Waals surface area contributed by atoms with Crippen LogP contribution >= 0.6 is 23.2 Å². The zero-order valence-corrected chi connectivity index (χ0v) is 10.6. The fraction of sp³-hybridized carbons (Fsp3) is 0.500. The van der Waals surface area contributed by atoms with E-state index >= 15 is 0 Å². The Kier molecular flexibility index (Phi) is 4.45. The second-order valence-corrected chi connectivity index (χ2v) is 5.08. The topological polar surface area (TPSA) is 20.2 Å². The quantitative estimate of drug-likeness (QED) is 0.854. The molecule has 0 radical (unpaired) electrons. The Balaban J connectivity index is 2.92. The third-order valence-corrected chi connectivity index (χ3v) is 3.46. The van der Waals surface area contributed by atoms with Crippen molar-refractivity contribution < 1.29 is 5.11 Å². The SMILES string of the molecule is CCC(C)(CO)Cc1cc(Cl)ccc1Cl. The molecule has 0 bridgehead atoms. The molecule has 0 spiro atoms. The second kappa shape index (κ2) is 5.20. The van der Waals surface area contributed by atoms with Crippen LogP contribution in [0, 0.1) is 5.41 Å². The second-order valence-electron chi connectivity index (χ2n) is 4.23. The molecule has 0 saturated carbocycles. The third-order valence-electron chi connectivity index (χ3n) is 2.86. The molecule has 3 heteroatoms. The lowest BCUT2D eigenvalue weighted by Crippen LogP contribution is -2.23. The number of hydrogen-bond donors (Lipinski definition) is 1. The number of halogens is 2.